The number of primary amides is 1. The number of hydrogen-bond acceptors (Lipinski definition) is 2. The molecule has 0 saturated carbocycles. The van der Waals surface area contributed by atoms with E-state index < -0.39 is 6.03 Å². The van der Waals surface area contributed by atoms with Crippen LogP contribution in [0.2, 0.25) is 0 Å². The molecule has 1 aromatic rings. The van der Waals surface area contributed by atoms with Crippen molar-refractivity contribution in [2.75, 3.05) is 0 Å². The number of nitrogens with two attached hydrogens (primary N) is 2. The average molecular weight is 292 g/mol. The first-order valence-electron chi connectivity index (χ1n) is 7.33. The summed E-state index contributed by atoms with van der Waals surface area (Å²) >= 11 is 0. The van der Waals surface area contributed by atoms with E-state index in [-0.39, 0.29) is 18.0 Å². The van der Waals surface area contributed by atoms with Gasteiger partial charge in [0.1, 0.15) is 6.04 Å². The zero-order valence-corrected chi connectivity index (χ0v) is 13.2. The largest absolute Gasteiger partial charge is 0.351 e. The van der Waals surface area contributed by atoms with Gasteiger partial charge in [0, 0.05) is 5.56 Å². The normalized spacial score (nSPS) is 13.8. The Hall–Kier alpha value is -1.88. The molecule has 0 aliphatic carbocycles. The SMILES string of the molecule is CC(C)Cc1ccc([C@H](C)[NH2+][C@@H](C)C(=O)NC(N)=O)cc1. The summed E-state index contributed by atoms with van der Waals surface area (Å²) in [6.45, 7) is 8.18. The van der Waals surface area contributed by atoms with E-state index in [0.717, 1.165) is 12.0 Å². The second-order valence-corrected chi connectivity index (χ2v) is 5.96. The second-order valence-electron chi connectivity index (χ2n) is 5.96. The minimum absolute atomic E-state index is 0.131. The predicted molar refractivity (Wildman–Crippen MR) is 82.5 cm³/mol. The summed E-state index contributed by atoms with van der Waals surface area (Å²) in [6, 6.07) is 7.40. The number of imide groups is 1. The Morgan fingerprint density at radius 1 is 1.14 bits per heavy atom. The van der Waals surface area contributed by atoms with Crippen LogP contribution in [0.5, 0.6) is 0 Å². The van der Waals surface area contributed by atoms with Crippen molar-refractivity contribution in [2.45, 2.75) is 46.2 Å². The minimum atomic E-state index is -0.814. The zero-order chi connectivity index (χ0) is 16.0. The Labute approximate surface area is 126 Å². The number of nitrogens with one attached hydrogen (secondary N) is 1. The molecular formula is C16H26N3O2+. The summed E-state index contributed by atoms with van der Waals surface area (Å²) in [5.74, 6) is 0.267. The van der Waals surface area contributed by atoms with E-state index in [1.54, 1.807) is 6.92 Å². The standard InChI is InChI=1S/C16H25N3O2/c1-10(2)9-13-5-7-14(8-6-13)11(3)18-12(4)15(20)19-16(17)21/h5-8,10-12,18H,9H2,1-4H3,(H3,17,19,20,21)/p+1/t11-,12-/m0/s1. The fourth-order valence-electron chi connectivity index (χ4n) is 2.30. The molecule has 3 amide bonds. The zero-order valence-electron chi connectivity index (χ0n) is 13.2. The van der Waals surface area contributed by atoms with E-state index in [0.29, 0.717) is 5.92 Å². The highest BCUT2D eigenvalue weighted by Crippen LogP contribution is 2.13. The summed E-state index contributed by atoms with van der Waals surface area (Å²) in [5, 5.41) is 4.01. The van der Waals surface area contributed by atoms with Crippen LogP contribution in [0.4, 0.5) is 4.79 Å². The van der Waals surface area contributed by atoms with Crippen LogP contribution < -0.4 is 16.4 Å². The Bertz CT molecular complexity index is 483. The molecule has 21 heavy (non-hydrogen) atoms. The maximum Gasteiger partial charge on any atom is 0.319 e. The van der Waals surface area contributed by atoms with Gasteiger partial charge in [-0.15, -0.1) is 0 Å². The average Bonchev–Trinajstić information content (AvgIpc) is 2.37. The van der Waals surface area contributed by atoms with Gasteiger partial charge in [-0.25, -0.2) is 4.79 Å². The summed E-state index contributed by atoms with van der Waals surface area (Å²) in [7, 11) is 0. The molecule has 0 spiro atoms. The molecular weight excluding hydrogens is 266 g/mol. The van der Waals surface area contributed by atoms with Crippen LogP contribution in [-0.4, -0.2) is 18.0 Å². The lowest BCUT2D eigenvalue weighted by atomic mass is 9.99. The lowest BCUT2D eigenvalue weighted by Crippen LogP contribution is -2.92. The Morgan fingerprint density at radius 3 is 2.19 bits per heavy atom. The third-order valence-electron chi connectivity index (χ3n) is 3.39. The number of urea groups is 1. The highest BCUT2D eigenvalue weighted by atomic mass is 16.2. The third-order valence-corrected chi connectivity index (χ3v) is 3.39. The number of benzene rings is 1. The summed E-state index contributed by atoms with van der Waals surface area (Å²) < 4.78 is 0. The van der Waals surface area contributed by atoms with Crippen LogP contribution in [0, 0.1) is 5.92 Å². The number of carbonyl (C=O) groups is 2. The number of quaternary nitrogens is 1. The van der Waals surface area contributed by atoms with Crippen molar-refractivity contribution < 1.29 is 14.9 Å². The van der Waals surface area contributed by atoms with Gasteiger partial charge in [-0.3, -0.25) is 10.1 Å². The van der Waals surface area contributed by atoms with Crippen LogP contribution in [0.1, 0.15) is 44.9 Å². The molecule has 5 N–H and O–H groups in total. The molecule has 0 saturated heterocycles. The first-order valence-corrected chi connectivity index (χ1v) is 7.33. The van der Waals surface area contributed by atoms with Crippen molar-refractivity contribution in [3.05, 3.63) is 35.4 Å². The molecule has 2 atom stereocenters. The molecule has 1 aromatic carbocycles. The Balaban J connectivity index is 2.60. The van der Waals surface area contributed by atoms with Crippen LogP contribution in [0.15, 0.2) is 24.3 Å². The second kappa shape index (κ2) is 7.78. The smallest absolute Gasteiger partial charge is 0.319 e. The molecule has 5 heteroatoms. The van der Waals surface area contributed by atoms with Crippen LogP contribution in [0.3, 0.4) is 0 Å². The molecule has 1 rings (SSSR count). The first-order chi connectivity index (χ1) is 9.79. The lowest BCUT2D eigenvalue weighted by molar-refractivity contribution is -0.710. The fraction of sp³-hybridized carbons (Fsp3) is 0.500. The number of carbonyl (C=O) groups excluding carboxylic acids is 2. The molecule has 0 aliphatic rings. The van der Waals surface area contributed by atoms with E-state index >= 15 is 0 Å². The van der Waals surface area contributed by atoms with Crippen molar-refractivity contribution in [3.63, 3.8) is 0 Å². The van der Waals surface area contributed by atoms with Gasteiger partial charge in [0.05, 0.1) is 0 Å². The van der Waals surface area contributed by atoms with Gasteiger partial charge in [0.2, 0.25) is 0 Å². The highest BCUT2D eigenvalue weighted by molar-refractivity contribution is 5.95. The van der Waals surface area contributed by atoms with Crippen molar-refractivity contribution in [2.24, 2.45) is 11.7 Å². The third kappa shape index (κ3) is 5.95. The molecule has 0 bridgehead atoms. The predicted octanol–water partition coefficient (Wildman–Crippen LogP) is 1.09. The number of rotatable bonds is 6. The van der Waals surface area contributed by atoms with Crippen molar-refractivity contribution in [1.82, 2.24) is 5.32 Å². The molecule has 5 nitrogen and oxygen atoms in total. The molecule has 116 valence electrons. The maximum atomic E-state index is 11.7. The Morgan fingerprint density at radius 2 is 1.71 bits per heavy atom. The van der Waals surface area contributed by atoms with Gasteiger partial charge >= 0.3 is 6.03 Å². The highest BCUT2D eigenvalue weighted by Gasteiger charge is 2.21. The van der Waals surface area contributed by atoms with E-state index in [1.807, 2.05) is 12.2 Å². The first kappa shape index (κ1) is 17.2. The molecule has 0 radical (unpaired) electrons. The van der Waals surface area contributed by atoms with E-state index in [9.17, 15) is 9.59 Å². The summed E-state index contributed by atoms with van der Waals surface area (Å²) in [6.07, 6.45) is 1.07. The van der Waals surface area contributed by atoms with Gasteiger partial charge in [-0.1, -0.05) is 38.1 Å². The molecule has 0 fully saturated rings. The number of hydrogen-bond donors (Lipinski definition) is 3. The lowest BCUT2D eigenvalue weighted by Gasteiger charge is -2.16. The van der Waals surface area contributed by atoms with Crippen molar-refractivity contribution >= 4 is 11.9 Å². The Kier molecular flexibility index (Phi) is 6.37. The van der Waals surface area contributed by atoms with Crippen LogP contribution >= 0.6 is 0 Å². The monoisotopic (exact) mass is 292 g/mol. The van der Waals surface area contributed by atoms with Crippen molar-refractivity contribution in [1.29, 1.82) is 0 Å². The number of amides is 3. The molecule has 0 aliphatic heterocycles. The molecule has 0 unspecified atom stereocenters. The van der Waals surface area contributed by atoms with Crippen molar-refractivity contribution in [3.8, 4) is 0 Å². The fourth-order valence-corrected chi connectivity index (χ4v) is 2.30. The van der Waals surface area contributed by atoms with Crippen LogP contribution in [-0.2, 0) is 11.2 Å². The molecule has 0 heterocycles. The summed E-state index contributed by atoms with van der Waals surface area (Å²) in [4.78, 5) is 22.3. The van der Waals surface area contributed by atoms with E-state index in [1.165, 1.54) is 5.56 Å². The summed E-state index contributed by atoms with van der Waals surface area (Å²) in [5.41, 5.74) is 7.42. The van der Waals surface area contributed by atoms with Gasteiger partial charge in [0.25, 0.3) is 5.91 Å². The maximum absolute atomic E-state index is 11.7. The van der Waals surface area contributed by atoms with Gasteiger partial charge in [-0.05, 0) is 31.7 Å². The van der Waals surface area contributed by atoms with Gasteiger partial charge < -0.3 is 11.1 Å². The van der Waals surface area contributed by atoms with Crippen LogP contribution in [0.25, 0.3) is 0 Å². The van der Waals surface area contributed by atoms with E-state index in [4.69, 9.17) is 5.73 Å². The quantitative estimate of drug-likeness (QED) is 0.733. The topological polar surface area (TPSA) is 88.8 Å². The molecule has 0 aromatic heterocycles. The van der Waals surface area contributed by atoms with Gasteiger partial charge in [0.15, 0.2) is 6.04 Å². The van der Waals surface area contributed by atoms with E-state index in [2.05, 4.69) is 43.4 Å². The minimum Gasteiger partial charge on any atom is -0.351 e. The van der Waals surface area contributed by atoms with Gasteiger partial charge in [-0.2, -0.15) is 0 Å².